The van der Waals surface area contributed by atoms with Crippen LogP contribution in [0.15, 0.2) is 48.1 Å². The van der Waals surface area contributed by atoms with Crippen LogP contribution in [0.2, 0.25) is 0 Å². The second-order valence-corrected chi connectivity index (χ2v) is 8.51. The van der Waals surface area contributed by atoms with Crippen molar-refractivity contribution in [1.82, 2.24) is 5.01 Å². The number of ether oxygens (including phenoxy) is 1. The van der Waals surface area contributed by atoms with E-state index in [1.54, 1.807) is 0 Å². The molecule has 0 aromatic heterocycles. The Morgan fingerprint density at radius 2 is 1.97 bits per heavy atom. The van der Waals surface area contributed by atoms with Crippen LogP contribution in [0.4, 0.5) is 0 Å². The molecule has 1 aliphatic heterocycles. The molecule has 2 rings (SSSR count). The lowest BCUT2D eigenvalue weighted by Crippen LogP contribution is -2.49. The summed E-state index contributed by atoms with van der Waals surface area (Å²) in [6.07, 6.45) is 7.05. The third kappa shape index (κ3) is 4.92. The van der Waals surface area contributed by atoms with Crippen molar-refractivity contribution in [2.24, 2.45) is 10.5 Å². The van der Waals surface area contributed by atoms with E-state index in [4.69, 9.17) is 9.84 Å². The first kappa shape index (κ1) is 23.6. The van der Waals surface area contributed by atoms with Gasteiger partial charge in [0, 0.05) is 24.6 Å². The van der Waals surface area contributed by atoms with E-state index in [9.17, 15) is 5.11 Å². The summed E-state index contributed by atoms with van der Waals surface area (Å²) in [5.74, 6) is 0. The molecular weight excluding hydrogens is 360 g/mol. The van der Waals surface area contributed by atoms with Gasteiger partial charge < -0.3 is 9.84 Å². The van der Waals surface area contributed by atoms with Crippen molar-refractivity contribution >= 4 is 5.71 Å². The minimum Gasteiger partial charge on any atom is -0.386 e. The maximum absolute atomic E-state index is 11.5. The van der Waals surface area contributed by atoms with Gasteiger partial charge in [-0.15, -0.1) is 6.58 Å². The third-order valence-corrected chi connectivity index (χ3v) is 6.88. The lowest BCUT2D eigenvalue weighted by molar-refractivity contribution is -0.0734. The van der Waals surface area contributed by atoms with Gasteiger partial charge in [-0.25, -0.2) is 0 Å². The van der Waals surface area contributed by atoms with Gasteiger partial charge in [-0.2, -0.15) is 5.10 Å². The summed E-state index contributed by atoms with van der Waals surface area (Å²) in [7, 11) is 1.82. The number of hydrogen-bond acceptors (Lipinski definition) is 4. The molecule has 4 nitrogen and oxygen atoms in total. The summed E-state index contributed by atoms with van der Waals surface area (Å²) in [6, 6.07) is 10.3. The van der Waals surface area contributed by atoms with Gasteiger partial charge in [0.1, 0.15) is 6.10 Å². The average molecular weight is 401 g/mol. The molecule has 1 fully saturated rings. The summed E-state index contributed by atoms with van der Waals surface area (Å²) < 4.78 is 6.04. The molecule has 1 aromatic rings. The molecule has 0 unspecified atom stereocenters. The molecule has 1 saturated heterocycles. The normalized spacial score (nSPS) is 21.1. The van der Waals surface area contributed by atoms with Gasteiger partial charge in [-0.1, -0.05) is 70.5 Å². The smallest absolute Gasteiger partial charge is 0.107 e. The Balaban J connectivity index is 2.51. The molecule has 0 saturated carbocycles. The van der Waals surface area contributed by atoms with Crippen molar-refractivity contribution in [2.45, 2.75) is 84.0 Å². The van der Waals surface area contributed by atoms with Gasteiger partial charge in [0.15, 0.2) is 0 Å². The molecule has 0 amide bonds. The summed E-state index contributed by atoms with van der Waals surface area (Å²) in [6.45, 7) is 13.5. The number of methoxy groups -OCH3 is 1. The second-order valence-electron chi connectivity index (χ2n) is 8.51. The number of benzene rings is 1. The molecule has 162 valence electrons. The number of rotatable bonds is 11. The molecule has 1 heterocycles. The van der Waals surface area contributed by atoms with Crippen LogP contribution in [0, 0.1) is 5.41 Å². The fraction of sp³-hybridized carbons (Fsp3) is 0.640. The first-order chi connectivity index (χ1) is 13.9. The zero-order valence-electron chi connectivity index (χ0n) is 19.0. The topological polar surface area (TPSA) is 45.1 Å². The standard InChI is InChI=1S/C25H40N2O2/c1-7-18-24(5,8-2)23(28)22(20-15-12-11-13-16-20)26-27-19-14-17-21(27)25(9-3,10-4)29-6/h8,11-13,15-16,21,23,28H,2,7,9-10,14,17-19H2,1,3-6H3/b26-22+/t21-,23-,24-/m0/s1. The van der Waals surface area contributed by atoms with E-state index in [1.165, 1.54) is 0 Å². The molecule has 29 heavy (non-hydrogen) atoms. The van der Waals surface area contributed by atoms with Gasteiger partial charge >= 0.3 is 0 Å². The van der Waals surface area contributed by atoms with E-state index in [1.807, 2.05) is 43.5 Å². The Labute approximate surface area is 177 Å². The number of aliphatic hydroxyl groups is 1. The van der Waals surface area contributed by atoms with E-state index >= 15 is 0 Å². The molecule has 4 heteroatoms. The molecular formula is C25H40N2O2. The van der Waals surface area contributed by atoms with E-state index in [0.717, 1.165) is 56.3 Å². The van der Waals surface area contributed by atoms with Crippen molar-refractivity contribution in [3.8, 4) is 0 Å². The van der Waals surface area contributed by atoms with E-state index in [0.29, 0.717) is 0 Å². The van der Waals surface area contributed by atoms with Gasteiger partial charge in [-0.05, 0) is 32.1 Å². The number of nitrogens with zero attached hydrogens (tertiary/aromatic N) is 2. The van der Waals surface area contributed by atoms with Crippen LogP contribution < -0.4 is 0 Å². The van der Waals surface area contributed by atoms with Gasteiger partial charge in [0.05, 0.1) is 17.4 Å². The van der Waals surface area contributed by atoms with Crippen molar-refractivity contribution in [1.29, 1.82) is 0 Å². The summed E-state index contributed by atoms with van der Waals surface area (Å²) >= 11 is 0. The molecule has 0 bridgehead atoms. The van der Waals surface area contributed by atoms with Crippen molar-refractivity contribution < 1.29 is 9.84 Å². The minimum atomic E-state index is -0.719. The highest BCUT2D eigenvalue weighted by molar-refractivity contribution is 6.04. The molecule has 1 N–H and O–H groups in total. The fourth-order valence-corrected chi connectivity index (χ4v) is 4.77. The van der Waals surface area contributed by atoms with Crippen LogP contribution in [-0.2, 0) is 4.74 Å². The highest BCUT2D eigenvalue weighted by Gasteiger charge is 2.43. The van der Waals surface area contributed by atoms with E-state index in [2.05, 4.69) is 39.3 Å². The van der Waals surface area contributed by atoms with Crippen LogP contribution in [-0.4, -0.2) is 47.2 Å². The van der Waals surface area contributed by atoms with E-state index in [-0.39, 0.29) is 11.6 Å². The number of aliphatic hydroxyl groups excluding tert-OH is 1. The maximum atomic E-state index is 11.5. The molecule has 0 aliphatic carbocycles. The summed E-state index contributed by atoms with van der Waals surface area (Å²) in [4.78, 5) is 0. The molecule has 0 spiro atoms. The maximum Gasteiger partial charge on any atom is 0.107 e. The first-order valence-corrected chi connectivity index (χ1v) is 11.2. The van der Waals surface area contributed by atoms with E-state index < -0.39 is 11.5 Å². The SMILES string of the molecule is C=C[C@@](C)(CCC)[C@@H](O)/C(=N/N1CCC[C@H]1C(CC)(CC)OC)c1ccccc1. The van der Waals surface area contributed by atoms with Crippen molar-refractivity contribution in [3.05, 3.63) is 48.6 Å². The summed E-state index contributed by atoms with van der Waals surface area (Å²) in [5, 5.41) is 18.8. The highest BCUT2D eigenvalue weighted by Crippen LogP contribution is 2.36. The van der Waals surface area contributed by atoms with Crippen molar-refractivity contribution in [2.75, 3.05) is 13.7 Å². The van der Waals surface area contributed by atoms with Gasteiger partial charge in [-0.3, -0.25) is 5.01 Å². The van der Waals surface area contributed by atoms with Crippen LogP contribution in [0.3, 0.4) is 0 Å². The third-order valence-electron chi connectivity index (χ3n) is 6.88. The average Bonchev–Trinajstić information content (AvgIpc) is 3.23. The van der Waals surface area contributed by atoms with Gasteiger partial charge in [0.25, 0.3) is 0 Å². The zero-order chi connectivity index (χ0) is 21.5. The Kier molecular flexibility index (Phi) is 8.47. The van der Waals surface area contributed by atoms with Crippen LogP contribution in [0.25, 0.3) is 0 Å². The lowest BCUT2D eigenvalue weighted by Gasteiger charge is -2.41. The summed E-state index contributed by atoms with van der Waals surface area (Å²) in [5.41, 5.74) is 1.06. The Morgan fingerprint density at radius 1 is 1.31 bits per heavy atom. The van der Waals surface area contributed by atoms with Gasteiger partial charge in [0.2, 0.25) is 0 Å². The van der Waals surface area contributed by atoms with Crippen molar-refractivity contribution in [3.63, 3.8) is 0 Å². The fourth-order valence-electron chi connectivity index (χ4n) is 4.77. The van der Waals surface area contributed by atoms with Crippen LogP contribution in [0.1, 0.15) is 71.8 Å². The van der Waals surface area contributed by atoms with Crippen LogP contribution >= 0.6 is 0 Å². The first-order valence-electron chi connectivity index (χ1n) is 11.2. The largest absolute Gasteiger partial charge is 0.386 e. The molecule has 0 radical (unpaired) electrons. The van der Waals surface area contributed by atoms with Crippen LogP contribution in [0.5, 0.6) is 0 Å². The minimum absolute atomic E-state index is 0.210. The zero-order valence-corrected chi connectivity index (χ0v) is 19.0. The molecule has 1 aliphatic rings. The Bertz CT molecular complexity index is 660. The molecule has 3 atom stereocenters. The Morgan fingerprint density at radius 3 is 2.48 bits per heavy atom. The highest BCUT2D eigenvalue weighted by atomic mass is 16.5. The number of hydrazone groups is 1. The second kappa shape index (κ2) is 10.4. The predicted molar refractivity (Wildman–Crippen MR) is 122 cm³/mol. The quantitative estimate of drug-likeness (QED) is 0.399. The Hall–Kier alpha value is -1.65. The predicted octanol–water partition coefficient (Wildman–Crippen LogP) is 5.41. The lowest BCUT2D eigenvalue weighted by atomic mass is 9.77. The molecule has 1 aromatic carbocycles. The monoisotopic (exact) mass is 400 g/mol. The number of hydrogen-bond donors (Lipinski definition) is 1.